The molecule has 0 bridgehead atoms. The molecule has 1 aliphatic heterocycles. The van der Waals surface area contributed by atoms with Crippen LogP contribution in [0.4, 0.5) is 0 Å². The van der Waals surface area contributed by atoms with Gasteiger partial charge >= 0.3 is 0 Å². The number of aliphatic hydroxyl groups excluding tert-OH is 7. The van der Waals surface area contributed by atoms with Crippen LogP contribution < -0.4 is 5.32 Å². The molecule has 0 spiro atoms. The van der Waals surface area contributed by atoms with E-state index in [0.29, 0.717) is 12.8 Å². The number of allylic oxidation sites excluding steroid dienone is 4. The van der Waals surface area contributed by atoms with Crippen LogP contribution in [0.15, 0.2) is 24.3 Å². The molecule has 0 aliphatic carbocycles. The predicted molar refractivity (Wildman–Crippen MR) is 349 cm³/mol. The summed E-state index contributed by atoms with van der Waals surface area (Å²) in [6.45, 7) is 3.51. The van der Waals surface area contributed by atoms with E-state index < -0.39 is 74.2 Å². The summed E-state index contributed by atoms with van der Waals surface area (Å²) in [6.07, 6.45) is 65.6. The molecule has 1 rings (SSSR count). The smallest absolute Gasteiger partial charge is 0.249 e. The SMILES string of the molecule is CCCCCCCCCCCCCC/C=C\CCCCCCCCCCCCCCCCC(O)C(=O)NC(COC1OC(CO)C(O)C(O)C1O)C(O)C(O)CCC/C=C/CCCCCCCCCCCCCCCCCCCCCCC. The van der Waals surface area contributed by atoms with Crippen LogP contribution in [0, 0.1) is 0 Å². The fourth-order valence-electron chi connectivity index (χ4n) is 11.9. The van der Waals surface area contributed by atoms with E-state index in [2.05, 4.69) is 43.5 Å². The fourth-order valence-corrected chi connectivity index (χ4v) is 11.9. The normalized spacial score (nSPS) is 19.1. The summed E-state index contributed by atoms with van der Waals surface area (Å²) in [5.41, 5.74) is 0. The number of carbonyl (C=O) groups excluding carboxylic acids is 1. The van der Waals surface area contributed by atoms with Crippen molar-refractivity contribution in [3.63, 3.8) is 0 Å². The molecule has 1 heterocycles. The topological polar surface area (TPSA) is 189 Å². The van der Waals surface area contributed by atoms with Crippen molar-refractivity contribution in [3.8, 4) is 0 Å². The number of rotatable bonds is 64. The molecule has 8 N–H and O–H groups in total. The van der Waals surface area contributed by atoms with E-state index in [9.17, 15) is 40.5 Å². The predicted octanol–water partition coefficient (Wildman–Crippen LogP) is 17.6. The Balaban J connectivity index is 2.20. The zero-order valence-corrected chi connectivity index (χ0v) is 54.5. The molecule has 0 aromatic heterocycles. The van der Waals surface area contributed by atoms with E-state index in [-0.39, 0.29) is 12.8 Å². The molecule has 11 heteroatoms. The van der Waals surface area contributed by atoms with Gasteiger partial charge in [-0.05, 0) is 64.2 Å². The van der Waals surface area contributed by atoms with Crippen LogP contribution in [0.1, 0.15) is 361 Å². The average Bonchev–Trinajstić information content (AvgIpc) is 3.68. The minimum absolute atomic E-state index is 0.257. The quantitative estimate of drug-likeness (QED) is 0.0215. The Hall–Kier alpha value is -1.41. The molecular weight excluding hydrogens is 1040 g/mol. The molecule has 83 heavy (non-hydrogen) atoms. The third kappa shape index (κ3) is 48.2. The summed E-state index contributed by atoms with van der Waals surface area (Å²) in [4.78, 5) is 13.3. The molecule has 1 saturated heterocycles. The molecule has 0 aromatic carbocycles. The maximum atomic E-state index is 13.3. The number of hydrogen-bond acceptors (Lipinski definition) is 10. The van der Waals surface area contributed by atoms with Gasteiger partial charge in [0.25, 0.3) is 0 Å². The first-order valence-electron chi connectivity index (χ1n) is 36.2. The second kappa shape index (κ2) is 60.9. The molecule has 1 amide bonds. The minimum Gasteiger partial charge on any atom is -0.394 e. The summed E-state index contributed by atoms with van der Waals surface area (Å²) in [7, 11) is 0. The van der Waals surface area contributed by atoms with Gasteiger partial charge in [-0.3, -0.25) is 4.79 Å². The average molecular weight is 1180 g/mol. The number of nitrogens with one attached hydrogen (secondary N) is 1. The van der Waals surface area contributed by atoms with E-state index in [1.54, 1.807) is 0 Å². The van der Waals surface area contributed by atoms with Gasteiger partial charge in [0.1, 0.15) is 36.6 Å². The molecule has 0 radical (unpaired) electrons. The van der Waals surface area contributed by atoms with E-state index in [0.717, 1.165) is 38.5 Å². The van der Waals surface area contributed by atoms with Crippen LogP contribution in [-0.4, -0.2) is 110 Å². The van der Waals surface area contributed by atoms with Gasteiger partial charge in [-0.15, -0.1) is 0 Å². The number of aliphatic hydroxyl groups is 7. The first-order chi connectivity index (χ1) is 40.7. The molecular formula is C72H139NO10. The van der Waals surface area contributed by atoms with Crippen molar-refractivity contribution in [3.05, 3.63) is 24.3 Å². The highest BCUT2D eigenvalue weighted by molar-refractivity contribution is 5.80. The summed E-state index contributed by atoms with van der Waals surface area (Å²) < 4.78 is 11.2. The van der Waals surface area contributed by atoms with E-state index in [1.165, 1.54) is 283 Å². The molecule has 0 saturated carbocycles. The first-order valence-corrected chi connectivity index (χ1v) is 36.2. The largest absolute Gasteiger partial charge is 0.394 e. The van der Waals surface area contributed by atoms with Gasteiger partial charge in [-0.1, -0.05) is 321 Å². The third-order valence-corrected chi connectivity index (χ3v) is 17.7. The van der Waals surface area contributed by atoms with Crippen LogP contribution >= 0.6 is 0 Å². The Kier molecular flexibility index (Phi) is 58.4. The summed E-state index contributed by atoms with van der Waals surface area (Å²) in [6, 6.07) is -1.18. The number of amides is 1. The maximum absolute atomic E-state index is 13.3. The van der Waals surface area contributed by atoms with Crippen LogP contribution in [0.25, 0.3) is 0 Å². The van der Waals surface area contributed by atoms with Crippen molar-refractivity contribution in [1.82, 2.24) is 5.32 Å². The molecule has 0 aromatic rings. The lowest BCUT2D eigenvalue weighted by atomic mass is 9.98. The zero-order chi connectivity index (χ0) is 60.3. The molecule has 11 nitrogen and oxygen atoms in total. The highest BCUT2D eigenvalue weighted by atomic mass is 16.7. The number of ether oxygens (including phenoxy) is 2. The van der Waals surface area contributed by atoms with Gasteiger partial charge < -0.3 is 50.5 Å². The van der Waals surface area contributed by atoms with Gasteiger partial charge in [-0.25, -0.2) is 0 Å². The highest BCUT2D eigenvalue weighted by Gasteiger charge is 2.44. The van der Waals surface area contributed by atoms with Crippen molar-refractivity contribution in [2.75, 3.05) is 13.2 Å². The monoisotopic (exact) mass is 1180 g/mol. The van der Waals surface area contributed by atoms with Gasteiger partial charge in [-0.2, -0.15) is 0 Å². The molecule has 9 unspecified atom stereocenters. The minimum atomic E-state index is -1.67. The maximum Gasteiger partial charge on any atom is 0.249 e. The van der Waals surface area contributed by atoms with Crippen LogP contribution in [0.3, 0.4) is 0 Å². The van der Waals surface area contributed by atoms with E-state index in [4.69, 9.17) is 9.47 Å². The number of hydrogen-bond donors (Lipinski definition) is 8. The summed E-state index contributed by atoms with van der Waals surface area (Å²) >= 11 is 0. The van der Waals surface area contributed by atoms with Gasteiger partial charge in [0.15, 0.2) is 6.29 Å². The molecule has 9 atom stereocenters. The van der Waals surface area contributed by atoms with Crippen molar-refractivity contribution in [2.45, 2.75) is 416 Å². The Morgan fingerprint density at radius 1 is 0.410 bits per heavy atom. The second-order valence-corrected chi connectivity index (χ2v) is 25.7. The lowest BCUT2D eigenvalue weighted by Crippen LogP contribution is -2.60. The summed E-state index contributed by atoms with van der Waals surface area (Å²) in [5, 5.41) is 76.5. The van der Waals surface area contributed by atoms with Gasteiger partial charge in [0.05, 0.1) is 25.4 Å². The number of unbranched alkanes of at least 4 members (excludes halogenated alkanes) is 48. The Labute approximate surface area is 512 Å². The number of carbonyl (C=O) groups is 1. The molecule has 1 aliphatic rings. The Morgan fingerprint density at radius 3 is 1.04 bits per heavy atom. The van der Waals surface area contributed by atoms with Crippen molar-refractivity contribution in [2.24, 2.45) is 0 Å². The first kappa shape index (κ1) is 79.6. The van der Waals surface area contributed by atoms with Gasteiger partial charge in [0.2, 0.25) is 5.91 Å². The lowest BCUT2D eigenvalue weighted by Gasteiger charge is -2.40. The van der Waals surface area contributed by atoms with Crippen LogP contribution in [-0.2, 0) is 14.3 Å². The Morgan fingerprint density at radius 2 is 0.711 bits per heavy atom. The third-order valence-electron chi connectivity index (χ3n) is 17.7. The second-order valence-electron chi connectivity index (χ2n) is 25.7. The fraction of sp³-hybridized carbons (Fsp3) is 0.931. The zero-order valence-electron chi connectivity index (χ0n) is 54.5. The van der Waals surface area contributed by atoms with Crippen molar-refractivity contribution < 1.29 is 50.0 Å². The van der Waals surface area contributed by atoms with E-state index >= 15 is 0 Å². The molecule has 1 fully saturated rings. The Bertz CT molecular complexity index is 1400. The van der Waals surface area contributed by atoms with Crippen molar-refractivity contribution in [1.29, 1.82) is 0 Å². The van der Waals surface area contributed by atoms with E-state index in [1.807, 2.05) is 0 Å². The van der Waals surface area contributed by atoms with Crippen LogP contribution in [0.5, 0.6) is 0 Å². The summed E-state index contributed by atoms with van der Waals surface area (Å²) in [5.74, 6) is -0.700. The highest BCUT2D eigenvalue weighted by Crippen LogP contribution is 2.24. The standard InChI is InChI=1S/C72H139NO10/c1-3-5-7-9-11-13-15-17-19-21-23-25-27-29-31-32-33-34-36-38-40-42-44-46-48-50-52-54-56-58-60-65(76)71(81)73-63(62-82-72-70(80)69(79)68(78)66(61-74)83-72)67(77)64(75)59-57-55-53-51-49-47-45-43-41-39-37-35-30-28-26-24-22-20-18-16-14-12-10-8-6-4-2/h29,31,51,53,63-70,72,74-80H,3-28,30,32-50,52,54-62H2,1-2H3,(H,73,81)/b31-29-,53-51+. The van der Waals surface area contributed by atoms with Crippen molar-refractivity contribution >= 4 is 5.91 Å². The van der Waals surface area contributed by atoms with Gasteiger partial charge in [0, 0.05) is 0 Å². The lowest BCUT2D eigenvalue weighted by molar-refractivity contribution is -0.303. The van der Waals surface area contributed by atoms with Crippen LogP contribution in [0.2, 0.25) is 0 Å². The molecule has 492 valence electrons.